The predicted molar refractivity (Wildman–Crippen MR) is 83.3 cm³/mol. The van der Waals surface area contributed by atoms with Crippen LogP contribution in [0.15, 0.2) is 54.6 Å². The van der Waals surface area contributed by atoms with Crippen LogP contribution in [0.25, 0.3) is 0 Å². The lowest BCUT2D eigenvalue weighted by Crippen LogP contribution is -2.27. The molecule has 2 N–H and O–H groups in total. The quantitative estimate of drug-likeness (QED) is 0.890. The summed E-state index contributed by atoms with van der Waals surface area (Å²) in [7, 11) is -4.14. The third kappa shape index (κ3) is 3.97. The smallest absolute Gasteiger partial charge is 0.333 e. The number of nitrogens with two attached hydrogens (primary N) is 1. The molecule has 2 aromatic rings. The first-order valence-electron chi connectivity index (χ1n) is 7.21. The summed E-state index contributed by atoms with van der Waals surface area (Å²) < 4.78 is 52.3. The summed E-state index contributed by atoms with van der Waals surface area (Å²) >= 11 is 0. The molecule has 1 aliphatic rings. The summed E-state index contributed by atoms with van der Waals surface area (Å²) in [5.41, 5.74) is 0.996. The SMILES string of the molecule is NS(=O)(=O)OC[C@@H]1OC(c2ccccc2)O[C@H]1c1ccccc1F. The van der Waals surface area contributed by atoms with Gasteiger partial charge in [0, 0.05) is 11.1 Å². The van der Waals surface area contributed by atoms with Gasteiger partial charge >= 0.3 is 10.3 Å². The van der Waals surface area contributed by atoms with Crippen molar-refractivity contribution in [2.45, 2.75) is 18.5 Å². The first-order chi connectivity index (χ1) is 11.4. The first kappa shape index (κ1) is 17.0. The van der Waals surface area contributed by atoms with E-state index in [1.54, 1.807) is 30.3 Å². The molecule has 1 heterocycles. The molecule has 0 aliphatic carbocycles. The van der Waals surface area contributed by atoms with Gasteiger partial charge in [-0.2, -0.15) is 8.42 Å². The Labute approximate surface area is 139 Å². The van der Waals surface area contributed by atoms with Gasteiger partial charge in [-0.25, -0.2) is 9.53 Å². The van der Waals surface area contributed by atoms with Gasteiger partial charge in [-0.05, 0) is 6.07 Å². The number of ether oxygens (including phenoxy) is 2. The number of hydrogen-bond acceptors (Lipinski definition) is 5. The number of hydrogen-bond donors (Lipinski definition) is 1. The fraction of sp³-hybridized carbons (Fsp3) is 0.250. The van der Waals surface area contributed by atoms with Crippen molar-refractivity contribution in [2.75, 3.05) is 6.61 Å². The molecule has 0 amide bonds. The molecular formula is C16H16FNO5S. The average molecular weight is 353 g/mol. The first-order valence-corrected chi connectivity index (χ1v) is 8.68. The maximum atomic E-state index is 14.1. The third-order valence-electron chi connectivity index (χ3n) is 3.59. The highest BCUT2D eigenvalue weighted by Crippen LogP contribution is 2.40. The molecule has 0 spiro atoms. The Morgan fingerprint density at radius 3 is 2.38 bits per heavy atom. The molecule has 6 nitrogen and oxygen atoms in total. The van der Waals surface area contributed by atoms with E-state index in [4.69, 9.17) is 14.6 Å². The van der Waals surface area contributed by atoms with E-state index in [1.165, 1.54) is 6.07 Å². The molecular weight excluding hydrogens is 337 g/mol. The second-order valence-corrected chi connectivity index (χ2v) is 6.49. The van der Waals surface area contributed by atoms with Gasteiger partial charge in [-0.1, -0.05) is 48.5 Å². The van der Waals surface area contributed by atoms with Crippen LogP contribution in [-0.4, -0.2) is 21.1 Å². The second-order valence-electron chi connectivity index (χ2n) is 5.27. The van der Waals surface area contributed by atoms with Crippen molar-refractivity contribution in [1.29, 1.82) is 0 Å². The molecule has 128 valence electrons. The minimum atomic E-state index is -4.14. The van der Waals surface area contributed by atoms with E-state index in [1.807, 2.05) is 18.2 Å². The Hall–Kier alpha value is -1.84. The Balaban J connectivity index is 1.86. The molecule has 0 radical (unpaired) electrons. The van der Waals surface area contributed by atoms with Crippen molar-refractivity contribution < 1.29 is 26.5 Å². The maximum absolute atomic E-state index is 14.1. The highest BCUT2D eigenvalue weighted by atomic mass is 32.2. The van der Waals surface area contributed by atoms with Gasteiger partial charge in [0.05, 0.1) is 6.61 Å². The maximum Gasteiger partial charge on any atom is 0.333 e. The molecule has 1 unspecified atom stereocenters. The monoisotopic (exact) mass is 353 g/mol. The zero-order valence-corrected chi connectivity index (χ0v) is 13.4. The standard InChI is InChI=1S/C16H16FNO5S/c17-13-9-5-4-8-12(13)15-14(10-21-24(18,19)20)22-16(23-15)11-6-2-1-3-7-11/h1-9,14-16H,10H2,(H2,18,19,20)/t14-,15-,16?/m0/s1. The van der Waals surface area contributed by atoms with Gasteiger partial charge in [0.15, 0.2) is 6.29 Å². The van der Waals surface area contributed by atoms with Crippen molar-refractivity contribution in [2.24, 2.45) is 5.14 Å². The Morgan fingerprint density at radius 2 is 1.71 bits per heavy atom. The fourth-order valence-electron chi connectivity index (χ4n) is 2.52. The second kappa shape index (κ2) is 6.96. The lowest BCUT2D eigenvalue weighted by atomic mass is 10.0. The Kier molecular flexibility index (Phi) is 4.93. The molecule has 1 fully saturated rings. The van der Waals surface area contributed by atoms with E-state index >= 15 is 0 Å². The van der Waals surface area contributed by atoms with Crippen LogP contribution in [0.3, 0.4) is 0 Å². The molecule has 1 aliphatic heterocycles. The third-order valence-corrected chi connectivity index (χ3v) is 4.05. The minimum absolute atomic E-state index is 0.263. The van der Waals surface area contributed by atoms with Crippen molar-refractivity contribution in [1.82, 2.24) is 0 Å². The van der Waals surface area contributed by atoms with Crippen LogP contribution in [0.5, 0.6) is 0 Å². The van der Waals surface area contributed by atoms with E-state index < -0.39 is 34.6 Å². The van der Waals surface area contributed by atoms with Gasteiger partial charge in [-0.3, -0.25) is 4.18 Å². The molecule has 0 saturated carbocycles. The highest BCUT2D eigenvalue weighted by molar-refractivity contribution is 7.84. The summed E-state index contributed by atoms with van der Waals surface area (Å²) in [5, 5.41) is 4.85. The largest absolute Gasteiger partial charge is 0.340 e. The van der Waals surface area contributed by atoms with Gasteiger partial charge in [0.2, 0.25) is 0 Å². The molecule has 24 heavy (non-hydrogen) atoms. The van der Waals surface area contributed by atoms with Gasteiger partial charge in [0.25, 0.3) is 0 Å². The molecule has 2 aromatic carbocycles. The van der Waals surface area contributed by atoms with Crippen molar-refractivity contribution >= 4 is 10.3 Å². The van der Waals surface area contributed by atoms with Crippen LogP contribution in [0.1, 0.15) is 23.5 Å². The van der Waals surface area contributed by atoms with Crippen LogP contribution in [0, 0.1) is 5.82 Å². The van der Waals surface area contributed by atoms with Crippen molar-refractivity contribution in [3.05, 3.63) is 71.5 Å². The zero-order valence-electron chi connectivity index (χ0n) is 12.5. The summed E-state index contributed by atoms with van der Waals surface area (Å²) in [5.74, 6) is -0.472. The van der Waals surface area contributed by atoms with Crippen molar-refractivity contribution in [3.8, 4) is 0 Å². The predicted octanol–water partition coefficient (Wildman–Crippen LogP) is 2.20. The van der Waals surface area contributed by atoms with E-state index in [9.17, 15) is 12.8 Å². The van der Waals surface area contributed by atoms with Crippen LogP contribution in [0.2, 0.25) is 0 Å². The topological polar surface area (TPSA) is 87.9 Å². The summed E-state index contributed by atoms with van der Waals surface area (Å²) in [6.45, 7) is -0.374. The summed E-state index contributed by atoms with van der Waals surface area (Å²) in [4.78, 5) is 0. The molecule has 3 rings (SSSR count). The number of rotatable bonds is 5. The van der Waals surface area contributed by atoms with Gasteiger partial charge in [0.1, 0.15) is 18.0 Å². The van der Waals surface area contributed by atoms with Crippen LogP contribution < -0.4 is 5.14 Å². The zero-order chi connectivity index (χ0) is 17.2. The van der Waals surface area contributed by atoms with Gasteiger partial charge < -0.3 is 9.47 Å². The lowest BCUT2D eigenvalue weighted by Gasteiger charge is -2.16. The Bertz CT molecular complexity index is 799. The Morgan fingerprint density at radius 1 is 1.04 bits per heavy atom. The van der Waals surface area contributed by atoms with E-state index in [2.05, 4.69) is 4.18 Å². The van der Waals surface area contributed by atoms with Crippen LogP contribution in [-0.2, 0) is 24.0 Å². The molecule has 0 bridgehead atoms. The molecule has 3 atom stereocenters. The normalized spacial score (nSPS) is 24.2. The van der Waals surface area contributed by atoms with Crippen LogP contribution in [0.4, 0.5) is 4.39 Å². The van der Waals surface area contributed by atoms with E-state index in [0.29, 0.717) is 0 Å². The summed E-state index contributed by atoms with van der Waals surface area (Å²) in [6, 6.07) is 15.1. The summed E-state index contributed by atoms with van der Waals surface area (Å²) in [6.07, 6.45) is -2.41. The molecule has 0 aromatic heterocycles. The average Bonchev–Trinajstić information content (AvgIpc) is 2.98. The fourth-order valence-corrected chi connectivity index (χ4v) is 2.84. The number of halogens is 1. The highest BCUT2D eigenvalue weighted by Gasteiger charge is 2.39. The van der Waals surface area contributed by atoms with E-state index in [0.717, 1.165) is 5.56 Å². The van der Waals surface area contributed by atoms with Gasteiger partial charge in [-0.15, -0.1) is 0 Å². The molecule has 8 heteroatoms. The lowest BCUT2D eigenvalue weighted by molar-refractivity contribution is -0.0729. The number of benzene rings is 2. The van der Waals surface area contributed by atoms with Crippen molar-refractivity contribution in [3.63, 3.8) is 0 Å². The van der Waals surface area contributed by atoms with E-state index in [-0.39, 0.29) is 12.2 Å². The minimum Gasteiger partial charge on any atom is -0.340 e. The van der Waals surface area contributed by atoms with Crippen LogP contribution >= 0.6 is 0 Å². The molecule has 1 saturated heterocycles.